The number of carbonyl (C=O) groups excluding carboxylic acids is 1. The summed E-state index contributed by atoms with van der Waals surface area (Å²) in [5.74, 6) is 0.945. The Hall–Kier alpha value is -3.79. The third kappa shape index (κ3) is 4.61. The number of ether oxygens (including phenoxy) is 1. The number of pyridine rings is 1. The Bertz CT molecular complexity index is 1290. The summed E-state index contributed by atoms with van der Waals surface area (Å²) >= 11 is 0. The fourth-order valence-electron chi connectivity index (χ4n) is 5.02. The van der Waals surface area contributed by atoms with Crippen LogP contribution >= 0.6 is 0 Å². The minimum absolute atomic E-state index is 0.266. The zero-order valence-electron chi connectivity index (χ0n) is 20.6. The van der Waals surface area contributed by atoms with E-state index in [1.54, 1.807) is 11.1 Å². The van der Waals surface area contributed by atoms with Gasteiger partial charge in [-0.05, 0) is 44.2 Å². The third-order valence-corrected chi connectivity index (χ3v) is 6.71. The molecule has 2 aliphatic heterocycles. The number of rotatable bonds is 2. The van der Waals surface area contributed by atoms with Crippen molar-refractivity contribution < 1.29 is 9.53 Å². The van der Waals surface area contributed by atoms with E-state index in [9.17, 15) is 10.1 Å². The summed E-state index contributed by atoms with van der Waals surface area (Å²) in [7, 11) is 0. The van der Waals surface area contributed by atoms with Gasteiger partial charge in [0.05, 0.1) is 5.56 Å². The summed E-state index contributed by atoms with van der Waals surface area (Å²) in [6, 6.07) is 17.2. The molecule has 1 saturated heterocycles. The number of hydrogen-bond donors (Lipinski definition) is 0. The maximum absolute atomic E-state index is 12.5. The first-order valence-electron chi connectivity index (χ1n) is 12.2. The first-order valence-corrected chi connectivity index (χ1v) is 12.2. The number of anilines is 2. The van der Waals surface area contributed by atoms with Crippen molar-refractivity contribution in [1.29, 1.82) is 5.26 Å². The Labute approximate surface area is 206 Å². The number of fused-ring (bicyclic) bond motifs is 2. The fourth-order valence-corrected chi connectivity index (χ4v) is 5.02. The topological polar surface area (TPSA) is 72.7 Å². The third-order valence-electron chi connectivity index (χ3n) is 6.71. The van der Waals surface area contributed by atoms with Crippen LogP contribution in [0.5, 0.6) is 0 Å². The van der Waals surface area contributed by atoms with Crippen LogP contribution in [0.25, 0.3) is 10.8 Å². The number of hydrogen-bond acceptors (Lipinski definition) is 6. The Morgan fingerprint density at radius 3 is 2.46 bits per heavy atom. The van der Waals surface area contributed by atoms with Crippen LogP contribution in [0.15, 0.2) is 48.7 Å². The molecule has 5 rings (SSSR count). The van der Waals surface area contributed by atoms with Crippen LogP contribution in [0.1, 0.15) is 37.5 Å². The second-order valence-corrected chi connectivity index (χ2v) is 10.2. The zero-order valence-corrected chi connectivity index (χ0v) is 20.6. The van der Waals surface area contributed by atoms with E-state index >= 15 is 0 Å². The number of amides is 1. The van der Waals surface area contributed by atoms with Gasteiger partial charge in [-0.2, -0.15) is 5.26 Å². The second kappa shape index (κ2) is 9.10. The standard InChI is InChI=1S/C28H31N5O2/c1-28(2,3)35-27(34)32-15-13-31(14-16-32)26-23-11-12-33(19-24(23)21(17-29)18-30-26)25-10-6-8-20-7-4-5-9-22(20)25/h4-10,18H,11-16,19H2,1-3H3. The quantitative estimate of drug-likeness (QED) is 0.541. The van der Waals surface area contributed by atoms with Crippen LogP contribution in [0.2, 0.25) is 0 Å². The molecule has 1 amide bonds. The molecular formula is C28H31N5O2. The number of aromatic nitrogens is 1. The predicted octanol–water partition coefficient (Wildman–Crippen LogP) is 4.73. The molecule has 2 aromatic carbocycles. The lowest BCUT2D eigenvalue weighted by atomic mass is 9.95. The molecule has 2 aliphatic rings. The fraction of sp³-hybridized carbons (Fsp3) is 0.393. The van der Waals surface area contributed by atoms with Gasteiger partial charge in [-0.1, -0.05) is 36.4 Å². The normalized spacial score (nSPS) is 16.1. The SMILES string of the molecule is CC(C)(C)OC(=O)N1CCN(c2ncc(C#N)c3c2CCN(c2cccc4ccccc24)C3)CC1. The van der Waals surface area contributed by atoms with Crippen LogP contribution < -0.4 is 9.80 Å². The summed E-state index contributed by atoms with van der Waals surface area (Å²) in [5, 5.41) is 12.3. The van der Waals surface area contributed by atoms with E-state index in [0.717, 1.165) is 29.9 Å². The Morgan fingerprint density at radius 1 is 0.971 bits per heavy atom. The molecule has 3 aromatic rings. The Kier molecular flexibility index (Phi) is 5.98. The largest absolute Gasteiger partial charge is 0.444 e. The minimum Gasteiger partial charge on any atom is -0.444 e. The summed E-state index contributed by atoms with van der Waals surface area (Å²) in [6.45, 7) is 9.76. The van der Waals surface area contributed by atoms with E-state index in [0.29, 0.717) is 38.3 Å². The van der Waals surface area contributed by atoms with Gasteiger partial charge < -0.3 is 19.4 Å². The average molecular weight is 470 g/mol. The smallest absolute Gasteiger partial charge is 0.410 e. The van der Waals surface area contributed by atoms with Crippen LogP contribution in [0.3, 0.4) is 0 Å². The van der Waals surface area contributed by atoms with Gasteiger partial charge in [0.2, 0.25) is 0 Å². The van der Waals surface area contributed by atoms with Crippen LogP contribution in [-0.4, -0.2) is 54.3 Å². The number of benzene rings is 2. The van der Waals surface area contributed by atoms with E-state index in [1.165, 1.54) is 16.5 Å². The van der Waals surface area contributed by atoms with Gasteiger partial charge in [0, 0.05) is 62.1 Å². The van der Waals surface area contributed by atoms with Crippen LogP contribution in [0.4, 0.5) is 16.3 Å². The van der Waals surface area contributed by atoms with Gasteiger partial charge in [0.25, 0.3) is 0 Å². The van der Waals surface area contributed by atoms with Crippen molar-refractivity contribution in [2.75, 3.05) is 42.5 Å². The van der Waals surface area contributed by atoms with Crippen molar-refractivity contribution in [2.24, 2.45) is 0 Å². The van der Waals surface area contributed by atoms with Gasteiger partial charge in [-0.3, -0.25) is 0 Å². The highest BCUT2D eigenvalue weighted by Gasteiger charge is 2.30. The van der Waals surface area contributed by atoms with Crippen molar-refractivity contribution in [3.8, 4) is 6.07 Å². The lowest BCUT2D eigenvalue weighted by molar-refractivity contribution is 0.0240. The molecule has 0 spiro atoms. The van der Waals surface area contributed by atoms with E-state index < -0.39 is 5.60 Å². The Morgan fingerprint density at radius 2 is 1.71 bits per heavy atom. The highest BCUT2D eigenvalue weighted by Crippen LogP contribution is 2.35. The van der Waals surface area contributed by atoms with Gasteiger partial charge in [0.1, 0.15) is 17.5 Å². The molecule has 35 heavy (non-hydrogen) atoms. The van der Waals surface area contributed by atoms with E-state index in [1.807, 2.05) is 20.8 Å². The average Bonchev–Trinajstić information content (AvgIpc) is 2.86. The van der Waals surface area contributed by atoms with Crippen molar-refractivity contribution in [3.63, 3.8) is 0 Å². The molecule has 0 bridgehead atoms. The molecular weight excluding hydrogens is 438 g/mol. The number of nitriles is 1. The highest BCUT2D eigenvalue weighted by atomic mass is 16.6. The van der Waals surface area contributed by atoms with Gasteiger partial charge >= 0.3 is 6.09 Å². The minimum atomic E-state index is -0.502. The predicted molar refractivity (Wildman–Crippen MR) is 138 cm³/mol. The summed E-state index contributed by atoms with van der Waals surface area (Å²) in [6.07, 6.45) is 2.27. The van der Waals surface area contributed by atoms with Crippen molar-refractivity contribution in [2.45, 2.75) is 39.3 Å². The first-order chi connectivity index (χ1) is 16.8. The van der Waals surface area contributed by atoms with Crippen molar-refractivity contribution in [1.82, 2.24) is 9.88 Å². The van der Waals surface area contributed by atoms with Gasteiger partial charge in [-0.25, -0.2) is 9.78 Å². The zero-order chi connectivity index (χ0) is 24.6. The van der Waals surface area contributed by atoms with Crippen molar-refractivity contribution in [3.05, 3.63) is 65.4 Å². The second-order valence-electron chi connectivity index (χ2n) is 10.2. The molecule has 1 aromatic heterocycles. The highest BCUT2D eigenvalue weighted by molar-refractivity contribution is 5.94. The molecule has 7 nitrogen and oxygen atoms in total. The van der Waals surface area contributed by atoms with E-state index in [-0.39, 0.29) is 6.09 Å². The number of piperazine rings is 1. The molecule has 1 fully saturated rings. The molecule has 0 unspecified atom stereocenters. The Balaban J connectivity index is 1.38. The number of nitrogens with zero attached hydrogens (tertiary/aromatic N) is 5. The maximum atomic E-state index is 12.5. The van der Waals surface area contributed by atoms with Crippen molar-refractivity contribution >= 4 is 28.4 Å². The van der Waals surface area contributed by atoms with E-state index in [4.69, 9.17) is 9.72 Å². The molecule has 0 radical (unpaired) electrons. The molecule has 0 saturated carbocycles. The monoisotopic (exact) mass is 469 g/mol. The molecule has 180 valence electrons. The lowest BCUT2D eigenvalue weighted by Crippen LogP contribution is -2.50. The lowest BCUT2D eigenvalue weighted by Gasteiger charge is -2.39. The summed E-state index contributed by atoms with van der Waals surface area (Å²) < 4.78 is 5.53. The van der Waals surface area contributed by atoms with E-state index in [2.05, 4.69) is 58.3 Å². The van der Waals surface area contributed by atoms with Crippen LogP contribution in [-0.2, 0) is 17.7 Å². The van der Waals surface area contributed by atoms with Gasteiger partial charge in [-0.15, -0.1) is 0 Å². The molecule has 0 atom stereocenters. The maximum Gasteiger partial charge on any atom is 0.410 e. The number of carbonyl (C=O) groups is 1. The molecule has 7 heteroatoms. The molecule has 0 N–H and O–H groups in total. The first kappa shape index (κ1) is 23.0. The van der Waals surface area contributed by atoms with Gasteiger partial charge in [0.15, 0.2) is 0 Å². The summed E-state index contributed by atoms with van der Waals surface area (Å²) in [5.41, 5.74) is 3.55. The molecule has 3 heterocycles. The van der Waals surface area contributed by atoms with Crippen LogP contribution in [0, 0.1) is 11.3 Å². The molecule has 0 aliphatic carbocycles. The summed E-state index contributed by atoms with van der Waals surface area (Å²) in [4.78, 5) is 23.6.